The topological polar surface area (TPSA) is 80.1 Å². The van der Waals surface area contributed by atoms with E-state index >= 15 is 0 Å². The second-order valence-corrected chi connectivity index (χ2v) is 8.52. The van der Waals surface area contributed by atoms with Crippen LogP contribution < -0.4 is 4.90 Å². The summed E-state index contributed by atoms with van der Waals surface area (Å²) in [6.45, 7) is 7.98. The van der Waals surface area contributed by atoms with E-state index < -0.39 is 17.6 Å². The number of rotatable bonds is 5. The molecule has 2 amide bonds. The van der Waals surface area contributed by atoms with Gasteiger partial charge in [0.15, 0.2) is 5.78 Å². The number of ether oxygens (including phenoxy) is 1. The van der Waals surface area contributed by atoms with E-state index in [0.717, 1.165) is 5.56 Å². The zero-order chi connectivity index (χ0) is 22.6. The van der Waals surface area contributed by atoms with Crippen molar-refractivity contribution in [3.63, 3.8) is 0 Å². The Bertz CT molecular complexity index is 971. The first-order valence-electron chi connectivity index (χ1n) is 10.3. The van der Waals surface area contributed by atoms with Crippen LogP contribution in [-0.4, -0.2) is 41.8 Å². The first kappa shape index (κ1) is 22.3. The van der Waals surface area contributed by atoms with Crippen molar-refractivity contribution in [2.24, 2.45) is 5.41 Å². The van der Waals surface area contributed by atoms with Gasteiger partial charge in [-0.15, -0.1) is 0 Å². The third-order valence-electron chi connectivity index (χ3n) is 5.11. The predicted molar refractivity (Wildman–Crippen MR) is 117 cm³/mol. The molecule has 0 spiro atoms. The molecule has 0 N–H and O–H groups in total. The summed E-state index contributed by atoms with van der Waals surface area (Å²) in [5, 5.41) is 0. The van der Waals surface area contributed by atoms with Crippen molar-refractivity contribution < 1.29 is 23.5 Å². The molecule has 1 aromatic carbocycles. The lowest BCUT2D eigenvalue weighted by atomic mass is 9.90. The second kappa shape index (κ2) is 9.20. The second-order valence-electron chi connectivity index (χ2n) is 8.52. The molecule has 1 atom stereocenters. The molecule has 0 radical (unpaired) electrons. The number of amides is 2. The molecular formula is C24H28N2O5. The van der Waals surface area contributed by atoms with Gasteiger partial charge in [-0.3, -0.25) is 19.4 Å². The van der Waals surface area contributed by atoms with Crippen LogP contribution in [0, 0.1) is 5.41 Å². The molecule has 2 heterocycles. The first-order valence-corrected chi connectivity index (χ1v) is 10.3. The van der Waals surface area contributed by atoms with Gasteiger partial charge in [0.1, 0.15) is 18.4 Å². The van der Waals surface area contributed by atoms with E-state index in [0.29, 0.717) is 24.7 Å². The molecule has 0 aliphatic carbocycles. The van der Waals surface area contributed by atoms with Gasteiger partial charge in [-0.1, -0.05) is 51.1 Å². The van der Waals surface area contributed by atoms with Crippen LogP contribution >= 0.6 is 0 Å². The lowest BCUT2D eigenvalue weighted by molar-refractivity contribution is -0.125. The van der Waals surface area contributed by atoms with Gasteiger partial charge in [-0.05, 0) is 30.7 Å². The molecule has 1 aliphatic heterocycles. The molecule has 164 valence electrons. The van der Waals surface area contributed by atoms with Crippen molar-refractivity contribution in [2.45, 2.75) is 40.3 Å². The Morgan fingerprint density at radius 2 is 1.84 bits per heavy atom. The Morgan fingerprint density at radius 1 is 1.13 bits per heavy atom. The average Bonchev–Trinajstić information content (AvgIpc) is 3.21. The van der Waals surface area contributed by atoms with E-state index in [4.69, 9.17) is 9.15 Å². The Labute approximate surface area is 182 Å². The predicted octanol–water partition coefficient (Wildman–Crippen LogP) is 4.28. The van der Waals surface area contributed by atoms with E-state index in [9.17, 15) is 14.4 Å². The number of furan rings is 1. The van der Waals surface area contributed by atoms with E-state index in [1.807, 2.05) is 51.1 Å². The van der Waals surface area contributed by atoms with Crippen LogP contribution in [0.4, 0.5) is 10.7 Å². The van der Waals surface area contributed by atoms with Crippen LogP contribution in [0.5, 0.6) is 0 Å². The maximum atomic E-state index is 12.9. The van der Waals surface area contributed by atoms with Crippen molar-refractivity contribution in [3.05, 3.63) is 59.9 Å². The zero-order valence-electron chi connectivity index (χ0n) is 18.3. The van der Waals surface area contributed by atoms with E-state index in [-0.39, 0.29) is 18.3 Å². The van der Waals surface area contributed by atoms with Gasteiger partial charge in [0.25, 0.3) is 5.91 Å². The van der Waals surface area contributed by atoms with Crippen molar-refractivity contribution >= 4 is 29.7 Å². The molecule has 0 bridgehead atoms. The number of hydrogen-bond acceptors (Lipinski definition) is 5. The van der Waals surface area contributed by atoms with Gasteiger partial charge in [0.2, 0.25) is 5.88 Å². The van der Waals surface area contributed by atoms with Gasteiger partial charge in [0, 0.05) is 24.6 Å². The zero-order valence-corrected chi connectivity index (χ0v) is 18.3. The highest BCUT2D eigenvalue weighted by Gasteiger charge is 2.37. The minimum Gasteiger partial charge on any atom is -0.445 e. The molecule has 2 aromatic rings. The molecule has 7 nitrogen and oxygen atoms in total. The molecule has 3 rings (SSSR count). The maximum Gasteiger partial charge on any atom is 0.410 e. The van der Waals surface area contributed by atoms with Crippen LogP contribution in [0.2, 0.25) is 0 Å². The van der Waals surface area contributed by atoms with Gasteiger partial charge in [-0.2, -0.15) is 0 Å². The molecule has 7 heteroatoms. The molecule has 1 fully saturated rings. The molecular weight excluding hydrogens is 396 g/mol. The summed E-state index contributed by atoms with van der Waals surface area (Å²) in [7, 11) is 0. The van der Waals surface area contributed by atoms with Crippen molar-refractivity contribution in [1.29, 1.82) is 0 Å². The smallest absolute Gasteiger partial charge is 0.410 e. The molecule has 1 saturated heterocycles. The molecule has 1 aromatic heterocycles. The van der Waals surface area contributed by atoms with Crippen molar-refractivity contribution in [1.82, 2.24) is 4.90 Å². The van der Waals surface area contributed by atoms with Crippen LogP contribution in [0.3, 0.4) is 0 Å². The van der Waals surface area contributed by atoms with E-state index in [2.05, 4.69) is 0 Å². The summed E-state index contributed by atoms with van der Waals surface area (Å²) in [5.74, 6) is 0.603. The summed E-state index contributed by atoms with van der Waals surface area (Å²) >= 11 is 0. The van der Waals surface area contributed by atoms with Crippen LogP contribution in [0.25, 0.3) is 6.08 Å². The van der Waals surface area contributed by atoms with Crippen LogP contribution in [0.15, 0.2) is 53.0 Å². The highest BCUT2D eigenvalue weighted by Crippen LogP contribution is 2.25. The highest BCUT2D eigenvalue weighted by atomic mass is 16.6. The number of anilines is 1. The summed E-state index contributed by atoms with van der Waals surface area (Å²) in [6.07, 6.45) is 2.56. The number of carbonyl (C=O) groups excluding carboxylic acids is 3. The fraction of sp³-hybridized carbons (Fsp3) is 0.375. The van der Waals surface area contributed by atoms with Gasteiger partial charge < -0.3 is 9.15 Å². The number of benzene rings is 1. The van der Waals surface area contributed by atoms with Gasteiger partial charge >= 0.3 is 6.09 Å². The normalized spacial score (nSPS) is 17.3. The SMILES string of the molecule is C[C@@H]1C(=O)N(c2ccc(C=CC(=O)C(C)(C)C)o2)CCN1C(=O)OCc1ccccc1. The molecule has 0 unspecified atom stereocenters. The fourth-order valence-electron chi connectivity index (χ4n) is 3.13. The molecule has 1 aliphatic rings. The highest BCUT2D eigenvalue weighted by molar-refractivity contribution is 5.99. The van der Waals surface area contributed by atoms with Crippen LogP contribution in [0.1, 0.15) is 39.0 Å². The maximum absolute atomic E-state index is 12.9. The number of nitrogens with zero attached hydrogens (tertiary/aromatic N) is 2. The Hall–Kier alpha value is -3.35. The standard InChI is InChI=1S/C24H28N2O5/c1-17-22(28)26(21-13-11-19(31-21)10-12-20(27)24(2,3)4)15-14-25(17)23(29)30-16-18-8-6-5-7-9-18/h5-13,17H,14-16H2,1-4H3/t17-/m1/s1. The Kier molecular flexibility index (Phi) is 6.63. The van der Waals surface area contributed by atoms with Gasteiger partial charge in [0.05, 0.1) is 0 Å². The largest absolute Gasteiger partial charge is 0.445 e. The molecule has 31 heavy (non-hydrogen) atoms. The van der Waals surface area contributed by atoms with E-state index in [1.54, 1.807) is 25.1 Å². The van der Waals surface area contributed by atoms with E-state index in [1.165, 1.54) is 15.9 Å². The summed E-state index contributed by atoms with van der Waals surface area (Å²) in [4.78, 5) is 40.3. The lowest BCUT2D eigenvalue weighted by Gasteiger charge is -2.37. The minimum atomic E-state index is -0.677. The average molecular weight is 424 g/mol. The Morgan fingerprint density at radius 3 is 2.52 bits per heavy atom. The number of carbonyl (C=O) groups is 3. The fourth-order valence-corrected chi connectivity index (χ4v) is 3.13. The first-order chi connectivity index (χ1) is 14.7. The monoisotopic (exact) mass is 424 g/mol. The molecule has 0 saturated carbocycles. The summed E-state index contributed by atoms with van der Waals surface area (Å²) < 4.78 is 11.1. The number of ketones is 1. The quantitative estimate of drug-likeness (QED) is 0.669. The third-order valence-corrected chi connectivity index (χ3v) is 5.11. The minimum absolute atomic E-state index is 0.0159. The van der Waals surface area contributed by atoms with Crippen LogP contribution in [-0.2, 0) is 20.9 Å². The van der Waals surface area contributed by atoms with Crippen molar-refractivity contribution in [2.75, 3.05) is 18.0 Å². The third kappa shape index (κ3) is 5.42. The number of piperazine rings is 1. The lowest BCUT2D eigenvalue weighted by Crippen LogP contribution is -2.57. The summed E-state index contributed by atoms with van der Waals surface area (Å²) in [5.41, 5.74) is 0.414. The Balaban J connectivity index is 1.61. The van der Waals surface area contributed by atoms with Gasteiger partial charge in [-0.25, -0.2) is 4.79 Å². The summed E-state index contributed by atoms with van der Waals surface area (Å²) in [6, 6.07) is 12.1. The number of allylic oxidation sites excluding steroid dienone is 1. The van der Waals surface area contributed by atoms with Crippen molar-refractivity contribution in [3.8, 4) is 0 Å². The number of hydrogen-bond donors (Lipinski definition) is 0.